The number of ether oxygens (including phenoxy) is 1. The lowest BCUT2D eigenvalue weighted by atomic mass is 9.94. The third-order valence-corrected chi connectivity index (χ3v) is 6.47. The number of benzene rings is 1. The normalized spacial score (nSPS) is 19.3. The summed E-state index contributed by atoms with van der Waals surface area (Å²) in [6.07, 6.45) is 2.60. The Hall–Kier alpha value is -1.56. The number of thiophene rings is 1. The number of halogens is 1. The Balaban J connectivity index is 2.05. The third-order valence-electron chi connectivity index (χ3n) is 4.95. The first-order valence-electron chi connectivity index (χ1n) is 8.92. The molecule has 1 saturated heterocycles. The minimum atomic E-state index is -0.716. The van der Waals surface area contributed by atoms with Crippen LogP contribution in [0.15, 0.2) is 30.3 Å². The molecule has 1 aliphatic heterocycles. The van der Waals surface area contributed by atoms with Gasteiger partial charge in [0.2, 0.25) is 0 Å². The molecule has 0 spiro atoms. The molecule has 1 fully saturated rings. The van der Waals surface area contributed by atoms with Crippen LogP contribution in [0, 0.1) is 5.92 Å². The number of hydrogen-bond donors (Lipinski definition) is 1. The van der Waals surface area contributed by atoms with E-state index in [0.717, 1.165) is 37.1 Å². The standard InChI is InChI=1S/C20H24ClNO3S/c1-3-15-7-9-18(26-15)19(16-11-14(21)6-8-17(16)25-2)22-10-4-5-13(12-22)20(23)24/h6-9,11,13,19H,3-5,10,12H2,1-2H3,(H,23,24). The Kier molecular flexibility index (Phi) is 6.22. The number of methoxy groups -OCH3 is 1. The molecule has 140 valence electrons. The van der Waals surface area contributed by atoms with Crippen LogP contribution in [0.1, 0.15) is 41.1 Å². The fourth-order valence-electron chi connectivity index (χ4n) is 3.62. The van der Waals surface area contributed by atoms with Crippen LogP contribution in [0.25, 0.3) is 0 Å². The molecular weight excluding hydrogens is 370 g/mol. The summed E-state index contributed by atoms with van der Waals surface area (Å²) in [6.45, 7) is 3.55. The third kappa shape index (κ3) is 4.05. The summed E-state index contributed by atoms with van der Waals surface area (Å²) in [5.41, 5.74) is 0.996. The molecule has 0 aliphatic carbocycles. The Morgan fingerprint density at radius 3 is 2.88 bits per heavy atom. The van der Waals surface area contributed by atoms with Gasteiger partial charge in [0.15, 0.2) is 0 Å². The Morgan fingerprint density at radius 2 is 2.23 bits per heavy atom. The van der Waals surface area contributed by atoms with Gasteiger partial charge in [0.25, 0.3) is 0 Å². The van der Waals surface area contributed by atoms with Crippen molar-refractivity contribution in [2.24, 2.45) is 5.92 Å². The van der Waals surface area contributed by atoms with E-state index >= 15 is 0 Å². The summed E-state index contributed by atoms with van der Waals surface area (Å²) < 4.78 is 5.60. The van der Waals surface area contributed by atoms with Crippen molar-refractivity contribution in [2.45, 2.75) is 32.2 Å². The molecule has 4 nitrogen and oxygen atoms in total. The Labute approximate surface area is 163 Å². The maximum absolute atomic E-state index is 11.6. The lowest BCUT2D eigenvalue weighted by molar-refractivity contribution is -0.143. The van der Waals surface area contributed by atoms with Crippen LogP contribution in [0.4, 0.5) is 0 Å². The quantitative estimate of drug-likeness (QED) is 0.761. The molecule has 2 unspecified atom stereocenters. The summed E-state index contributed by atoms with van der Waals surface area (Å²) in [4.78, 5) is 16.3. The largest absolute Gasteiger partial charge is 0.496 e. The molecule has 0 amide bonds. The average Bonchev–Trinajstić information content (AvgIpc) is 3.11. The molecular formula is C20H24ClNO3S. The summed E-state index contributed by atoms with van der Waals surface area (Å²) in [5, 5.41) is 10.2. The minimum absolute atomic E-state index is 0.0453. The lowest BCUT2D eigenvalue weighted by Crippen LogP contribution is -2.41. The van der Waals surface area contributed by atoms with E-state index < -0.39 is 5.97 Å². The number of piperidine rings is 1. The van der Waals surface area contributed by atoms with Gasteiger partial charge in [0.05, 0.1) is 19.1 Å². The second kappa shape index (κ2) is 8.42. The monoisotopic (exact) mass is 393 g/mol. The topological polar surface area (TPSA) is 49.8 Å². The molecule has 1 aliphatic rings. The van der Waals surface area contributed by atoms with Crippen molar-refractivity contribution < 1.29 is 14.6 Å². The molecule has 2 atom stereocenters. The van der Waals surface area contributed by atoms with E-state index in [1.807, 2.05) is 18.2 Å². The minimum Gasteiger partial charge on any atom is -0.496 e. The molecule has 6 heteroatoms. The predicted molar refractivity (Wildman–Crippen MR) is 105 cm³/mol. The molecule has 1 aromatic heterocycles. The number of aliphatic carboxylic acids is 1. The van der Waals surface area contributed by atoms with Crippen molar-refractivity contribution in [3.63, 3.8) is 0 Å². The van der Waals surface area contributed by atoms with Crippen LogP contribution < -0.4 is 4.74 Å². The van der Waals surface area contributed by atoms with Gasteiger partial charge < -0.3 is 9.84 Å². The van der Waals surface area contributed by atoms with Gasteiger partial charge in [-0.25, -0.2) is 0 Å². The molecule has 2 aromatic rings. The van der Waals surface area contributed by atoms with E-state index in [-0.39, 0.29) is 12.0 Å². The smallest absolute Gasteiger partial charge is 0.307 e. The zero-order chi connectivity index (χ0) is 18.7. The van der Waals surface area contributed by atoms with Crippen molar-refractivity contribution in [3.8, 4) is 5.75 Å². The van der Waals surface area contributed by atoms with E-state index in [4.69, 9.17) is 16.3 Å². The molecule has 0 radical (unpaired) electrons. The van der Waals surface area contributed by atoms with Gasteiger partial charge in [0.1, 0.15) is 5.75 Å². The summed E-state index contributed by atoms with van der Waals surface area (Å²) >= 11 is 8.07. The van der Waals surface area contributed by atoms with Gasteiger partial charge in [-0.05, 0) is 56.1 Å². The number of carboxylic acids is 1. The number of aryl methyl sites for hydroxylation is 1. The number of rotatable bonds is 6. The van der Waals surface area contributed by atoms with Crippen LogP contribution in [-0.2, 0) is 11.2 Å². The molecule has 3 rings (SSSR count). The molecule has 26 heavy (non-hydrogen) atoms. The van der Waals surface area contributed by atoms with Gasteiger partial charge in [0, 0.05) is 26.9 Å². The first kappa shape index (κ1) is 19.2. The molecule has 0 bridgehead atoms. The Morgan fingerprint density at radius 1 is 1.42 bits per heavy atom. The maximum atomic E-state index is 11.6. The van der Waals surface area contributed by atoms with Crippen molar-refractivity contribution >= 4 is 28.9 Å². The lowest BCUT2D eigenvalue weighted by Gasteiger charge is -2.37. The highest BCUT2D eigenvalue weighted by molar-refractivity contribution is 7.12. The Bertz CT molecular complexity index is 776. The van der Waals surface area contributed by atoms with E-state index in [1.165, 1.54) is 9.75 Å². The van der Waals surface area contributed by atoms with E-state index in [0.29, 0.717) is 11.6 Å². The van der Waals surface area contributed by atoms with Crippen LogP contribution in [-0.4, -0.2) is 36.2 Å². The van der Waals surface area contributed by atoms with E-state index in [9.17, 15) is 9.90 Å². The second-order valence-corrected chi connectivity index (χ2v) is 8.26. The van der Waals surface area contributed by atoms with Gasteiger partial charge in [-0.3, -0.25) is 9.69 Å². The first-order valence-corrected chi connectivity index (χ1v) is 10.1. The van der Waals surface area contributed by atoms with E-state index in [1.54, 1.807) is 18.4 Å². The highest BCUT2D eigenvalue weighted by Crippen LogP contribution is 2.41. The summed E-state index contributed by atoms with van der Waals surface area (Å²) in [5.74, 6) is -0.266. The average molecular weight is 394 g/mol. The number of hydrogen-bond acceptors (Lipinski definition) is 4. The van der Waals surface area contributed by atoms with E-state index in [2.05, 4.69) is 24.0 Å². The molecule has 1 N–H and O–H groups in total. The first-order chi connectivity index (χ1) is 12.5. The number of nitrogens with zero attached hydrogens (tertiary/aromatic N) is 1. The van der Waals surface area contributed by atoms with Crippen LogP contribution >= 0.6 is 22.9 Å². The molecule has 1 aromatic carbocycles. The highest BCUT2D eigenvalue weighted by Gasteiger charge is 2.33. The highest BCUT2D eigenvalue weighted by atomic mass is 35.5. The maximum Gasteiger partial charge on any atom is 0.307 e. The van der Waals surface area contributed by atoms with Crippen LogP contribution in [0.3, 0.4) is 0 Å². The van der Waals surface area contributed by atoms with Crippen molar-refractivity contribution in [3.05, 3.63) is 50.7 Å². The number of carboxylic acid groups (broad SMARTS) is 1. The fourth-order valence-corrected chi connectivity index (χ4v) is 4.91. The SMILES string of the molecule is CCc1ccc(C(c2cc(Cl)ccc2OC)N2CCCC(C(=O)O)C2)s1. The van der Waals surface area contributed by atoms with Gasteiger partial charge in [-0.15, -0.1) is 11.3 Å². The zero-order valence-corrected chi connectivity index (χ0v) is 16.6. The van der Waals surface area contributed by atoms with Gasteiger partial charge in [-0.2, -0.15) is 0 Å². The van der Waals surface area contributed by atoms with Gasteiger partial charge >= 0.3 is 5.97 Å². The summed E-state index contributed by atoms with van der Waals surface area (Å²) in [7, 11) is 1.66. The van der Waals surface area contributed by atoms with Crippen LogP contribution in [0.2, 0.25) is 5.02 Å². The predicted octanol–water partition coefficient (Wildman–Crippen LogP) is 4.86. The second-order valence-electron chi connectivity index (χ2n) is 6.62. The fraction of sp³-hybridized carbons (Fsp3) is 0.450. The van der Waals surface area contributed by atoms with Crippen molar-refractivity contribution in [1.29, 1.82) is 0 Å². The zero-order valence-electron chi connectivity index (χ0n) is 15.1. The number of carbonyl (C=O) groups is 1. The van der Waals surface area contributed by atoms with Gasteiger partial charge in [-0.1, -0.05) is 18.5 Å². The molecule has 2 heterocycles. The van der Waals surface area contributed by atoms with Crippen molar-refractivity contribution in [1.82, 2.24) is 4.90 Å². The molecule has 0 saturated carbocycles. The number of likely N-dealkylation sites (tertiary alicyclic amines) is 1. The summed E-state index contributed by atoms with van der Waals surface area (Å²) in [6, 6.07) is 9.92. The van der Waals surface area contributed by atoms with Crippen LogP contribution in [0.5, 0.6) is 5.75 Å². The van der Waals surface area contributed by atoms with Crippen molar-refractivity contribution in [2.75, 3.05) is 20.2 Å².